The summed E-state index contributed by atoms with van der Waals surface area (Å²) in [6, 6.07) is 0. The Labute approximate surface area is 83.4 Å². The summed E-state index contributed by atoms with van der Waals surface area (Å²) in [7, 11) is 0. The zero-order chi connectivity index (χ0) is 10.2. The summed E-state index contributed by atoms with van der Waals surface area (Å²) in [6.45, 7) is 2.76. The summed E-state index contributed by atoms with van der Waals surface area (Å²) in [6.07, 6.45) is 7.89. The van der Waals surface area contributed by atoms with Crippen LogP contribution in [0.5, 0.6) is 0 Å². The average Bonchev–Trinajstić information content (AvgIpc) is 2.46. The first kappa shape index (κ1) is 10.5. The van der Waals surface area contributed by atoms with Crippen LogP contribution in [0.1, 0.15) is 19.8 Å². The maximum Gasteiger partial charge on any atom is 0.269 e. The van der Waals surface area contributed by atoms with E-state index in [0.717, 1.165) is 12.8 Å². The summed E-state index contributed by atoms with van der Waals surface area (Å²) in [5.74, 6) is -0.162. The van der Waals surface area contributed by atoms with Gasteiger partial charge in [0.1, 0.15) is 12.0 Å². The predicted molar refractivity (Wildman–Crippen MR) is 54.7 cm³/mol. The molecule has 0 aromatic rings. The van der Waals surface area contributed by atoms with E-state index in [1.54, 1.807) is 6.08 Å². The highest BCUT2D eigenvalue weighted by Crippen LogP contribution is 1.93. The van der Waals surface area contributed by atoms with Gasteiger partial charge in [0, 0.05) is 12.6 Å². The molecule has 0 atom stereocenters. The molecule has 0 saturated carbocycles. The molecule has 1 rings (SSSR count). The number of hydrogen-bond acceptors (Lipinski definition) is 3. The molecular formula is C10H14N2O2. The van der Waals surface area contributed by atoms with Crippen LogP contribution in [-0.2, 0) is 9.53 Å². The number of amides is 1. The van der Waals surface area contributed by atoms with E-state index in [0.29, 0.717) is 12.3 Å². The Morgan fingerprint density at radius 1 is 1.57 bits per heavy atom. The zero-order valence-electron chi connectivity index (χ0n) is 8.19. The summed E-state index contributed by atoms with van der Waals surface area (Å²) in [4.78, 5) is 15.4. The first-order chi connectivity index (χ1) is 6.84. The fraction of sp³-hybridized carbons (Fsp3) is 0.400. The average molecular weight is 194 g/mol. The van der Waals surface area contributed by atoms with E-state index in [2.05, 4.69) is 17.2 Å². The molecule has 1 amide bonds. The lowest BCUT2D eigenvalue weighted by Gasteiger charge is -2.02. The van der Waals surface area contributed by atoms with Crippen LogP contribution in [-0.4, -0.2) is 18.2 Å². The molecule has 0 radical (unpaired) electrons. The zero-order valence-corrected chi connectivity index (χ0v) is 8.19. The summed E-state index contributed by atoms with van der Waals surface area (Å²) < 4.78 is 4.84. The van der Waals surface area contributed by atoms with E-state index in [4.69, 9.17) is 4.74 Å². The van der Waals surface area contributed by atoms with Crippen molar-refractivity contribution < 1.29 is 9.53 Å². The molecule has 0 aliphatic carbocycles. The number of carbonyl (C=O) groups excluding carboxylic acids is 1. The molecule has 1 heterocycles. The second-order valence-corrected chi connectivity index (χ2v) is 2.85. The van der Waals surface area contributed by atoms with Gasteiger partial charge in [-0.2, -0.15) is 0 Å². The van der Waals surface area contributed by atoms with Crippen molar-refractivity contribution in [2.45, 2.75) is 19.8 Å². The van der Waals surface area contributed by atoms with Crippen molar-refractivity contribution in [3.05, 3.63) is 24.8 Å². The smallest absolute Gasteiger partial charge is 0.269 e. The SMILES string of the molecule is CCCCNC(=O)C1=NC=COC=C1. The van der Waals surface area contributed by atoms with E-state index < -0.39 is 0 Å². The van der Waals surface area contributed by atoms with Crippen LogP contribution < -0.4 is 5.32 Å². The highest BCUT2D eigenvalue weighted by atomic mass is 16.5. The number of aliphatic imine (C=N–C) groups is 1. The van der Waals surface area contributed by atoms with E-state index in [-0.39, 0.29) is 5.91 Å². The third-order valence-electron chi connectivity index (χ3n) is 1.71. The number of nitrogens with one attached hydrogen (secondary N) is 1. The van der Waals surface area contributed by atoms with Gasteiger partial charge < -0.3 is 10.1 Å². The maximum atomic E-state index is 11.4. The minimum Gasteiger partial charge on any atom is -0.471 e. The monoisotopic (exact) mass is 194 g/mol. The lowest BCUT2D eigenvalue weighted by Crippen LogP contribution is -2.30. The molecule has 4 heteroatoms. The van der Waals surface area contributed by atoms with E-state index in [1.807, 2.05) is 0 Å². The maximum absolute atomic E-state index is 11.4. The van der Waals surface area contributed by atoms with Crippen molar-refractivity contribution >= 4 is 11.6 Å². The molecule has 0 saturated heterocycles. The van der Waals surface area contributed by atoms with Crippen LogP contribution in [0.3, 0.4) is 0 Å². The van der Waals surface area contributed by atoms with Crippen LogP contribution in [0.2, 0.25) is 0 Å². The molecule has 1 aliphatic rings. The molecule has 4 nitrogen and oxygen atoms in total. The second-order valence-electron chi connectivity index (χ2n) is 2.85. The standard InChI is InChI=1S/C10H14N2O2/c1-2-3-5-12-10(13)9-4-7-14-8-6-11-9/h4,6-8H,2-3,5H2,1H3,(H,12,13). The van der Waals surface area contributed by atoms with Crippen LogP contribution >= 0.6 is 0 Å². The first-order valence-electron chi connectivity index (χ1n) is 4.67. The van der Waals surface area contributed by atoms with Gasteiger partial charge in [0.25, 0.3) is 5.91 Å². The molecular weight excluding hydrogens is 180 g/mol. The highest BCUT2D eigenvalue weighted by molar-refractivity contribution is 6.43. The Kier molecular flexibility index (Phi) is 4.47. The van der Waals surface area contributed by atoms with E-state index in [1.165, 1.54) is 18.7 Å². The predicted octanol–water partition coefficient (Wildman–Crippen LogP) is 1.36. The fourth-order valence-electron chi connectivity index (χ4n) is 0.942. The number of carbonyl (C=O) groups is 1. The third-order valence-corrected chi connectivity index (χ3v) is 1.71. The van der Waals surface area contributed by atoms with Crippen LogP contribution in [0, 0.1) is 0 Å². The number of ether oxygens (including phenoxy) is 1. The molecule has 0 aromatic carbocycles. The molecule has 76 valence electrons. The van der Waals surface area contributed by atoms with Gasteiger partial charge in [-0.25, -0.2) is 4.99 Å². The normalized spacial score (nSPS) is 14.2. The van der Waals surface area contributed by atoms with Gasteiger partial charge in [0.05, 0.1) is 12.5 Å². The van der Waals surface area contributed by atoms with Crippen LogP contribution in [0.15, 0.2) is 29.8 Å². The van der Waals surface area contributed by atoms with Gasteiger partial charge in [-0.05, 0) is 6.42 Å². The quantitative estimate of drug-likeness (QED) is 0.687. The fourth-order valence-corrected chi connectivity index (χ4v) is 0.942. The summed E-state index contributed by atoms with van der Waals surface area (Å²) in [5, 5.41) is 2.77. The minimum atomic E-state index is -0.162. The largest absolute Gasteiger partial charge is 0.471 e. The first-order valence-corrected chi connectivity index (χ1v) is 4.67. The van der Waals surface area contributed by atoms with Crippen molar-refractivity contribution in [1.82, 2.24) is 5.32 Å². The topological polar surface area (TPSA) is 50.7 Å². The Morgan fingerprint density at radius 3 is 3.21 bits per heavy atom. The van der Waals surface area contributed by atoms with Crippen molar-refractivity contribution in [3.8, 4) is 0 Å². The third kappa shape index (κ3) is 3.43. The summed E-state index contributed by atoms with van der Waals surface area (Å²) in [5.41, 5.74) is 0.370. The molecule has 1 aliphatic heterocycles. The Hall–Kier alpha value is -1.58. The molecule has 1 N–H and O–H groups in total. The van der Waals surface area contributed by atoms with Gasteiger partial charge >= 0.3 is 0 Å². The number of nitrogens with zero attached hydrogens (tertiary/aromatic N) is 1. The number of hydrogen-bond donors (Lipinski definition) is 1. The molecule has 0 unspecified atom stereocenters. The van der Waals surface area contributed by atoms with Crippen LogP contribution in [0.25, 0.3) is 0 Å². The highest BCUT2D eigenvalue weighted by Gasteiger charge is 2.07. The molecule has 0 aromatic heterocycles. The molecule has 0 bridgehead atoms. The number of rotatable bonds is 4. The Bertz CT molecular complexity index is 280. The van der Waals surface area contributed by atoms with Crippen molar-refractivity contribution in [2.75, 3.05) is 6.54 Å². The van der Waals surface area contributed by atoms with Crippen molar-refractivity contribution in [1.29, 1.82) is 0 Å². The van der Waals surface area contributed by atoms with Gasteiger partial charge in [-0.1, -0.05) is 13.3 Å². The van der Waals surface area contributed by atoms with E-state index >= 15 is 0 Å². The molecule has 0 fully saturated rings. The van der Waals surface area contributed by atoms with Gasteiger partial charge in [-0.3, -0.25) is 4.79 Å². The number of unbranched alkanes of at least 4 members (excludes halogenated alkanes) is 1. The lowest BCUT2D eigenvalue weighted by atomic mass is 10.3. The van der Waals surface area contributed by atoms with Crippen molar-refractivity contribution in [3.63, 3.8) is 0 Å². The Balaban J connectivity index is 2.43. The minimum absolute atomic E-state index is 0.162. The summed E-state index contributed by atoms with van der Waals surface area (Å²) >= 11 is 0. The van der Waals surface area contributed by atoms with Gasteiger partial charge in [-0.15, -0.1) is 0 Å². The van der Waals surface area contributed by atoms with E-state index in [9.17, 15) is 4.79 Å². The van der Waals surface area contributed by atoms with Gasteiger partial charge in [0.15, 0.2) is 0 Å². The van der Waals surface area contributed by atoms with Crippen LogP contribution in [0.4, 0.5) is 0 Å². The van der Waals surface area contributed by atoms with Gasteiger partial charge in [0.2, 0.25) is 0 Å². The molecule has 0 spiro atoms. The van der Waals surface area contributed by atoms with Crippen molar-refractivity contribution in [2.24, 2.45) is 4.99 Å². The second kappa shape index (κ2) is 5.96. The Morgan fingerprint density at radius 2 is 2.43 bits per heavy atom. The molecule has 14 heavy (non-hydrogen) atoms. The lowest BCUT2D eigenvalue weighted by molar-refractivity contribution is -0.114.